The van der Waals surface area contributed by atoms with Crippen LogP contribution in [0.3, 0.4) is 0 Å². The Hall–Kier alpha value is -1.35. The largest absolute Gasteiger partial charge is 0.339 e. The minimum Gasteiger partial charge on any atom is -0.339 e. The van der Waals surface area contributed by atoms with Gasteiger partial charge in [-0.2, -0.15) is 0 Å². The number of benzene rings is 1. The molecule has 1 aromatic carbocycles. The van der Waals surface area contributed by atoms with E-state index >= 15 is 0 Å². The number of amides is 1. The van der Waals surface area contributed by atoms with Crippen LogP contribution in [0.2, 0.25) is 0 Å². The standard InChI is InChI=1S/C14H20N2O/c1-11-10-16(9-8-15-11)14(17)12(2)13-6-4-3-5-7-13/h3-7,11-12,15H,8-10H2,1-2H3/t11-,12?/m0/s1. The highest BCUT2D eigenvalue weighted by Crippen LogP contribution is 2.18. The predicted molar refractivity (Wildman–Crippen MR) is 68.9 cm³/mol. The first-order valence-corrected chi connectivity index (χ1v) is 6.25. The van der Waals surface area contributed by atoms with E-state index in [2.05, 4.69) is 12.2 Å². The Bertz CT molecular complexity index is 377. The van der Waals surface area contributed by atoms with Gasteiger partial charge >= 0.3 is 0 Å². The molecule has 1 unspecified atom stereocenters. The Morgan fingerprint density at radius 1 is 1.41 bits per heavy atom. The summed E-state index contributed by atoms with van der Waals surface area (Å²) in [5, 5.41) is 3.35. The van der Waals surface area contributed by atoms with E-state index < -0.39 is 0 Å². The molecule has 0 radical (unpaired) electrons. The third kappa shape index (κ3) is 2.86. The Morgan fingerprint density at radius 3 is 2.76 bits per heavy atom. The molecule has 1 saturated heterocycles. The highest BCUT2D eigenvalue weighted by molar-refractivity contribution is 5.83. The summed E-state index contributed by atoms with van der Waals surface area (Å²) in [4.78, 5) is 14.3. The van der Waals surface area contributed by atoms with Gasteiger partial charge in [0, 0.05) is 25.7 Å². The monoisotopic (exact) mass is 232 g/mol. The smallest absolute Gasteiger partial charge is 0.229 e. The van der Waals surface area contributed by atoms with E-state index in [4.69, 9.17) is 0 Å². The van der Waals surface area contributed by atoms with Crippen molar-refractivity contribution in [2.24, 2.45) is 0 Å². The second-order valence-electron chi connectivity index (χ2n) is 4.77. The third-order valence-corrected chi connectivity index (χ3v) is 3.35. The van der Waals surface area contributed by atoms with Crippen molar-refractivity contribution < 1.29 is 4.79 Å². The normalized spacial score (nSPS) is 22.2. The van der Waals surface area contributed by atoms with Crippen LogP contribution in [0.4, 0.5) is 0 Å². The van der Waals surface area contributed by atoms with Gasteiger partial charge in [-0.25, -0.2) is 0 Å². The van der Waals surface area contributed by atoms with E-state index in [1.807, 2.05) is 42.2 Å². The maximum Gasteiger partial charge on any atom is 0.229 e. The Labute approximate surface area is 103 Å². The minimum atomic E-state index is -0.0403. The molecule has 1 fully saturated rings. The highest BCUT2D eigenvalue weighted by atomic mass is 16.2. The average molecular weight is 232 g/mol. The fourth-order valence-corrected chi connectivity index (χ4v) is 2.29. The van der Waals surface area contributed by atoms with Gasteiger partial charge in [-0.05, 0) is 19.4 Å². The summed E-state index contributed by atoms with van der Waals surface area (Å²) in [5.74, 6) is 0.200. The molecule has 2 rings (SSSR count). The predicted octanol–water partition coefficient (Wildman–Crippen LogP) is 1.61. The molecule has 17 heavy (non-hydrogen) atoms. The summed E-state index contributed by atoms with van der Waals surface area (Å²) in [6, 6.07) is 10.4. The van der Waals surface area contributed by atoms with Gasteiger partial charge < -0.3 is 10.2 Å². The van der Waals surface area contributed by atoms with Crippen molar-refractivity contribution in [2.75, 3.05) is 19.6 Å². The SMILES string of the molecule is CC(C(=O)N1CCN[C@@H](C)C1)c1ccccc1. The van der Waals surface area contributed by atoms with E-state index in [0.29, 0.717) is 6.04 Å². The van der Waals surface area contributed by atoms with Crippen LogP contribution in [-0.4, -0.2) is 36.5 Å². The number of hydrogen-bond acceptors (Lipinski definition) is 2. The van der Waals surface area contributed by atoms with Gasteiger partial charge in [0.1, 0.15) is 0 Å². The Balaban J connectivity index is 2.04. The maximum absolute atomic E-state index is 12.3. The van der Waals surface area contributed by atoms with Crippen LogP contribution in [-0.2, 0) is 4.79 Å². The molecule has 1 aliphatic rings. The van der Waals surface area contributed by atoms with Crippen LogP contribution in [0, 0.1) is 0 Å². The first-order chi connectivity index (χ1) is 8.18. The molecule has 0 bridgehead atoms. The molecule has 1 amide bonds. The van der Waals surface area contributed by atoms with Gasteiger partial charge in [-0.15, -0.1) is 0 Å². The van der Waals surface area contributed by atoms with E-state index in [1.54, 1.807) is 0 Å². The van der Waals surface area contributed by atoms with Crippen molar-refractivity contribution in [2.45, 2.75) is 25.8 Å². The number of rotatable bonds is 2. The lowest BCUT2D eigenvalue weighted by molar-refractivity contribution is -0.133. The summed E-state index contributed by atoms with van der Waals surface area (Å²) in [6.07, 6.45) is 0. The molecule has 1 N–H and O–H groups in total. The van der Waals surface area contributed by atoms with Crippen molar-refractivity contribution in [3.05, 3.63) is 35.9 Å². The minimum absolute atomic E-state index is 0.0403. The number of piperazine rings is 1. The molecular formula is C14H20N2O. The van der Waals surface area contributed by atoms with Gasteiger partial charge in [-0.1, -0.05) is 30.3 Å². The van der Waals surface area contributed by atoms with Crippen LogP contribution in [0.5, 0.6) is 0 Å². The number of nitrogens with zero attached hydrogens (tertiary/aromatic N) is 1. The number of carbonyl (C=O) groups is 1. The van der Waals surface area contributed by atoms with E-state index in [1.165, 1.54) is 0 Å². The summed E-state index contributed by atoms with van der Waals surface area (Å²) in [5.41, 5.74) is 1.10. The van der Waals surface area contributed by atoms with Crippen molar-refractivity contribution in [1.82, 2.24) is 10.2 Å². The molecule has 0 spiro atoms. The highest BCUT2D eigenvalue weighted by Gasteiger charge is 2.25. The molecule has 1 aliphatic heterocycles. The van der Waals surface area contributed by atoms with Crippen molar-refractivity contribution in [1.29, 1.82) is 0 Å². The fourth-order valence-electron chi connectivity index (χ4n) is 2.29. The van der Waals surface area contributed by atoms with Crippen LogP contribution in [0.25, 0.3) is 0 Å². The van der Waals surface area contributed by atoms with Gasteiger partial charge in [0.2, 0.25) is 5.91 Å². The number of hydrogen-bond donors (Lipinski definition) is 1. The molecule has 0 aliphatic carbocycles. The maximum atomic E-state index is 12.3. The lowest BCUT2D eigenvalue weighted by Gasteiger charge is -2.33. The van der Waals surface area contributed by atoms with Gasteiger partial charge in [0.05, 0.1) is 5.92 Å². The van der Waals surface area contributed by atoms with Gasteiger partial charge in [0.15, 0.2) is 0 Å². The zero-order valence-electron chi connectivity index (χ0n) is 10.5. The molecular weight excluding hydrogens is 212 g/mol. The lowest BCUT2D eigenvalue weighted by Crippen LogP contribution is -2.52. The summed E-state index contributed by atoms with van der Waals surface area (Å²) in [6.45, 7) is 6.64. The van der Waals surface area contributed by atoms with Gasteiger partial charge in [-0.3, -0.25) is 4.79 Å². The Morgan fingerprint density at radius 2 is 2.12 bits per heavy atom. The molecule has 0 aromatic heterocycles. The van der Waals surface area contributed by atoms with Crippen molar-refractivity contribution >= 4 is 5.91 Å². The van der Waals surface area contributed by atoms with Crippen molar-refractivity contribution in [3.8, 4) is 0 Å². The van der Waals surface area contributed by atoms with E-state index in [9.17, 15) is 4.79 Å². The summed E-state index contributed by atoms with van der Waals surface area (Å²) in [7, 11) is 0. The quantitative estimate of drug-likeness (QED) is 0.840. The number of nitrogens with one attached hydrogen (secondary N) is 1. The lowest BCUT2D eigenvalue weighted by atomic mass is 9.99. The topological polar surface area (TPSA) is 32.3 Å². The third-order valence-electron chi connectivity index (χ3n) is 3.35. The van der Waals surface area contributed by atoms with Gasteiger partial charge in [0.25, 0.3) is 0 Å². The second kappa shape index (κ2) is 5.32. The fraction of sp³-hybridized carbons (Fsp3) is 0.500. The van der Waals surface area contributed by atoms with E-state index in [0.717, 1.165) is 25.2 Å². The molecule has 2 atom stereocenters. The number of carbonyl (C=O) groups excluding carboxylic acids is 1. The molecule has 3 nitrogen and oxygen atoms in total. The summed E-state index contributed by atoms with van der Waals surface area (Å²) >= 11 is 0. The van der Waals surface area contributed by atoms with Crippen molar-refractivity contribution in [3.63, 3.8) is 0 Å². The zero-order chi connectivity index (χ0) is 12.3. The molecule has 1 aromatic rings. The van der Waals surface area contributed by atoms with Crippen LogP contribution >= 0.6 is 0 Å². The molecule has 92 valence electrons. The van der Waals surface area contributed by atoms with E-state index in [-0.39, 0.29) is 11.8 Å². The molecule has 0 saturated carbocycles. The summed E-state index contributed by atoms with van der Waals surface area (Å²) < 4.78 is 0. The van der Waals surface area contributed by atoms with Crippen LogP contribution in [0.1, 0.15) is 25.3 Å². The average Bonchev–Trinajstić information content (AvgIpc) is 2.38. The van der Waals surface area contributed by atoms with Crippen LogP contribution < -0.4 is 5.32 Å². The molecule has 1 heterocycles. The first-order valence-electron chi connectivity index (χ1n) is 6.25. The second-order valence-corrected chi connectivity index (χ2v) is 4.77. The zero-order valence-corrected chi connectivity index (χ0v) is 10.5. The molecule has 3 heteroatoms. The van der Waals surface area contributed by atoms with Crippen LogP contribution in [0.15, 0.2) is 30.3 Å². The Kier molecular flexibility index (Phi) is 3.79. The first kappa shape index (κ1) is 12.1.